The number of carbonyl (C=O) groups excluding carboxylic acids is 1. The SMILES string of the molecule is CCCCCCCC/C=C\CCCCCCCC(=O)OC[C@@H](O)CC(Cl)P(=O)(O)O. The van der Waals surface area contributed by atoms with Crippen molar-refractivity contribution < 1.29 is 29.0 Å². The van der Waals surface area contributed by atoms with Gasteiger partial charge in [0.25, 0.3) is 0 Å². The number of aliphatic hydroxyl groups is 1. The van der Waals surface area contributed by atoms with E-state index in [4.69, 9.17) is 26.1 Å². The average molecular weight is 469 g/mol. The predicted octanol–water partition coefficient (Wildman–Crippen LogP) is 6.06. The van der Waals surface area contributed by atoms with Crippen LogP contribution in [-0.2, 0) is 14.1 Å². The summed E-state index contributed by atoms with van der Waals surface area (Å²) in [6.45, 7) is 1.94. The molecule has 0 aromatic heterocycles. The lowest BCUT2D eigenvalue weighted by Crippen LogP contribution is -2.22. The zero-order chi connectivity index (χ0) is 22.7. The van der Waals surface area contributed by atoms with Crippen molar-refractivity contribution >= 4 is 25.2 Å². The van der Waals surface area contributed by atoms with E-state index in [9.17, 15) is 14.5 Å². The Hall–Kier alpha value is -0.390. The van der Waals surface area contributed by atoms with Crippen molar-refractivity contribution in [3.63, 3.8) is 0 Å². The van der Waals surface area contributed by atoms with Crippen LogP contribution < -0.4 is 0 Å². The first-order valence-electron chi connectivity index (χ1n) is 11.4. The number of allylic oxidation sites excluding steroid dienone is 2. The van der Waals surface area contributed by atoms with Crippen LogP contribution in [0, 0.1) is 0 Å². The van der Waals surface area contributed by atoms with E-state index in [1.54, 1.807) is 0 Å². The van der Waals surface area contributed by atoms with Crippen LogP contribution in [0.5, 0.6) is 0 Å². The fourth-order valence-electron chi connectivity index (χ4n) is 3.03. The third-order valence-electron chi connectivity index (χ3n) is 4.91. The Morgan fingerprint density at radius 3 is 1.97 bits per heavy atom. The van der Waals surface area contributed by atoms with E-state index >= 15 is 0 Å². The molecule has 0 rings (SSSR count). The summed E-state index contributed by atoms with van der Waals surface area (Å²) < 4.78 is 15.8. The van der Waals surface area contributed by atoms with Gasteiger partial charge in [0.1, 0.15) is 11.7 Å². The lowest BCUT2D eigenvalue weighted by atomic mass is 10.1. The molecule has 0 radical (unpaired) electrons. The van der Waals surface area contributed by atoms with Crippen molar-refractivity contribution in [1.82, 2.24) is 0 Å². The minimum absolute atomic E-state index is 0.285. The molecule has 0 saturated heterocycles. The van der Waals surface area contributed by atoms with E-state index in [0.717, 1.165) is 32.1 Å². The summed E-state index contributed by atoms with van der Waals surface area (Å²) in [7, 11) is -4.44. The monoisotopic (exact) mass is 468 g/mol. The maximum absolute atomic E-state index is 11.6. The Bertz CT molecular complexity index is 494. The molecule has 0 aliphatic rings. The van der Waals surface area contributed by atoms with Gasteiger partial charge in [-0.05, 0) is 32.1 Å². The number of esters is 1. The van der Waals surface area contributed by atoms with Crippen molar-refractivity contribution in [3.05, 3.63) is 12.2 Å². The van der Waals surface area contributed by atoms with E-state index < -0.39 is 24.8 Å². The highest BCUT2D eigenvalue weighted by Gasteiger charge is 2.29. The molecule has 178 valence electrons. The molecule has 0 amide bonds. The second-order valence-corrected chi connectivity index (χ2v) is 10.6. The van der Waals surface area contributed by atoms with Gasteiger partial charge in [0.2, 0.25) is 0 Å². The van der Waals surface area contributed by atoms with Crippen molar-refractivity contribution in [2.24, 2.45) is 0 Å². The van der Waals surface area contributed by atoms with Gasteiger partial charge < -0.3 is 19.6 Å². The van der Waals surface area contributed by atoms with Gasteiger partial charge in [0, 0.05) is 12.8 Å². The first kappa shape index (κ1) is 29.6. The standard InChI is InChI=1S/C22H42ClO6P/c1-2-3-4-5-6-7-8-9-10-11-12-13-14-15-16-17-22(25)29-19-20(24)18-21(23)30(26,27)28/h9-10,20-21,24H,2-8,11-19H2,1H3,(H2,26,27,28)/b10-9-/t20-,21?/m0/s1. The second-order valence-electron chi connectivity index (χ2n) is 7.93. The highest BCUT2D eigenvalue weighted by atomic mass is 35.5. The minimum Gasteiger partial charge on any atom is -0.463 e. The molecule has 0 spiro atoms. The van der Waals surface area contributed by atoms with Gasteiger partial charge in [-0.3, -0.25) is 9.36 Å². The topological polar surface area (TPSA) is 104 Å². The van der Waals surface area contributed by atoms with E-state index in [1.165, 1.54) is 51.4 Å². The molecule has 0 bridgehead atoms. The Kier molecular flexibility index (Phi) is 19.1. The number of unbranched alkanes of at least 4 members (excludes halogenated alkanes) is 11. The molecule has 30 heavy (non-hydrogen) atoms. The Labute approximate surface area is 187 Å². The second kappa shape index (κ2) is 19.3. The summed E-state index contributed by atoms with van der Waals surface area (Å²) in [6.07, 6.45) is 18.8. The van der Waals surface area contributed by atoms with Crippen LogP contribution in [0.4, 0.5) is 0 Å². The van der Waals surface area contributed by atoms with Gasteiger partial charge >= 0.3 is 13.6 Å². The molecule has 6 nitrogen and oxygen atoms in total. The van der Waals surface area contributed by atoms with Crippen LogP contribution in [0.15, 0.2) is 12.2 Å². The molecule has 3 N–H and O–H groups in total. The predicted molar refractivity (Wildman–Crippen MR) is 123 cm³/mol. The van der Waals surface area contributed by atoms with Crippen molar-refractivity contribution in [1.29, 1.82) is 0 Å². The van der Waals surface area contributed by atoms with Crippen LogP contribution in [-0.4, -0.2) is 38.7 Å². The number of carbonyl (C=O) groups is 1. The average Bonchev–Trinajstić information content (AvgIpc) is 2.68. The maximum Gasteiger partial charge on any atom is 0.343 e. The Morgan fingerprint density at radius 2 is 1.43 bits per heavy atom. The molecule has 0 aromatic rings. The number of ether oxygens (including phenoxy) is 1. The Balaban J connectivity index is 3.46. The van der Waals surface area contributed by atoms with Crippen LogP contribution in [0.2, 0.25) is 0 Å². The van der Waals surface area contributed by atoms with E-state index in [2.05, 4.69) is 19.1 Å². The first-order valence-corrected chi connectivity index (χ1v) is 13.6. The molecule has 1 unspecified atom stereocenters. The lowest BCUT2D eigenvalue weighted by molar-refractivity contribution is -0.146. The zero-order valence-electron chi connectivity index (χ0n) is 18.5. The summed E-state index contributed by atoms with van der Waals surface area (Å²) in [5, 5.41) is 8.15. The third kappa shape index (κ3) is 19.6. The fraction of sp³-hybridized carbons (Fsp3) is 0.864. The third-order valence-corrected chi connectivity index (χ3v) is 6.79. The van der Waals surface area contributed by atoms with Crippen molar-refractivity contribution in [3.8, 4) is 0 Å². The molecule has 0 saturated carbocycles. The number of rotatable bonds is 20. The molecule has 2 atom stereocenters. The molecular weight excluding hydrogens is 427 g/mol. The molecule has 8 heteroatoms. The first-order chi connectivity index (χ1) is 14.3. The largest absolute Gasteiger partial charge is 0.463 e. The van der Waals surface area contributed by atoms with Crippen LogP contribution in [0.25, 0.3) is 0 Å². The number of aliphatic hydroxyl groups excluding tert-OH is 1. The van der Waals surface area contributed by atoms with Gasteiger partial charge in [-0.15, -0.1) is 11.6 Å². The minimum atomic E-state index is -4.44. The van der Waals surface area contributed by atoms with Crippen LogP contribution >= 0.6 is 19.2 Å². The Morgan fingerprint density at radius 1 is 0.933 bits per heavy atom. The lowest BCUT2D eigenvalue weighted by Gasteiger charge is -2.16. The summed E-state index contributed by atoms with van der Waals surface area (Å²) in [5.74, 6) is -0.408. The highest BCUT2D eigenvalue weighted by Crippen LogP contribution is 2.45. The van der Waals surface area contributed by atoms with Crippen LogP contribution in [0.1, 0.15) is 103 Å². The molecule has 0 fully saturated rings. The van der Waals surface area contributed by atoms with E-state index in [1.807, 2.05) is 0 Å². The van der Waals surface area contributed by atoms with Crippen molar-refractivity contribution in [2.75, 3.05) is 6.61 Å². The number of halogens is 1. The number of hydrogen-bond acceptors (Lipinski definition) is 4. The molecule has 0 aromatic carbocycles. The van der Waals surface area contributed by atoms with E-state index in [0.29, 0.717) is 0 Å². The van der Waals surface area contributed by atoms with Crippen LogP contribution in [0.3, 0.4) is 0 Å². The molecule has 0 aliphatic carbocycles. The van der Waals surface area contributed by atoms with Gasteiger partial charge in [0.05, 0.1) is 6.10 Å². The summed E-state index contributed by atoms with van der Waals surface area (Å²) in [5.41, 5.74) is 0. The van der Waals surface area contributed by atoms with Gasteiger partial charge in [0.15, 0.2) is 0 Å². The number of alkyl halides is 1. The van der Waals surface area contributed by atoms with Gasteiger partial charge in [-0.25, -0.2) is 0 Å². The quantitative estimate of drug-likeness (QED) is 0.0659. The maximum atomic E-state index is 11.6. The highest BCUT2D eigenvalue weighted by molar-refractivity contribution is 7.54. The van der Waals surface area contributed by atoms with E-state index in [-0.39, 0.29) is 19.4 Å². The normalized spacial score (nSPS) is 14.2. The smallest absolute Gasteiger partial charge is 0.343 e. The zero-order valence-corrected chi connectivity index (χ0v) is 20.2. The summed E-state index contributed by atoms with van der Waals surface area (Å²) >= 11 is 5.51. The van der Waals surface area contributed by atoms with Gasteiger partial charge in [-0.2, -0.15) is 0 Å². The van der Waals surface area contributed by atoms with Crippen molar-refractivity contribution in [2.45, 2.75) is 114 Å². The number of hydrogen-bond donors (Lipinski definition) is 3. The summed E-state index contributed by atoms with van der Waals surface area (Å²) in [4.78, 5) is 29.4. The molecule has 0 heterocycles. The fourth-order valence-corrected chi connectivity index (χ4v) is 3.75. The molecule has 0 aliphatic heterocycles. The molecular formula is C22H42ClO6P. The summed E-state index contributed by atoms with van der Waals surface area (Å²) in [6, 6.07) is 0. The van der Waals surface area contributed by atoms with Gasteiger partial charge in [-0.1, -0.05) is 70.4 Å².